The highest BCUT2D eigenvalue weighted by atomic mass is 32.2. The fraction of sp³-hybridized carbons (Fsp3) is 0.286. The van der Waals surface area contributed by atoms with Gasteiger partial charge in [-0.2, -0.15) is 8.42 Å². The van der Waals surface area contributed by atoms with Crippen LogP contribution in [0.1, 0.15) is 28.8 Å². The van der Waals surface area contributed by atoms with Crippen molar-refractivity contribution < 1.29 is 31.5 Å². The number of piperidine rings is 1. The molecule has 0 amide bonds. The van der Waals surface area contributed by atoms with Gasteiger partial charge in [-0.25, -0.2) is 8.78 Å². The number of carbonyl (C=O) groups is 2. The van der Waals surface area contributed by atoms with Crippen molar-refractivity contribution in [2.24, 2.45) is 10.3 Å². The van der Waals surface area contributed by atoms with E-state index in [0.717, 1.165) is 18.2 Å². The van der Waals surface area contributed by atoms with E-state index in [0.29, 0.717) is 24.9 Å². The molecule has 4 rings (SSSR count). The molecule has 162 valence electrons. The zero-order chi connectivity index (χ0) is 22.2. The van der Waals surface area contributed by atoms with Crippen molar-refractivity contribution in [3.63, 3.8) is 0 Å². The van der Waals surface area contributed by atoms with Crippen molar-refractivity contribution in [1.82, 2.24) is 4.90 Å². The lowest BCUT2D eigenvalue weighted by molar-refractivity contribution is -0.148. The third-order valence-electron chi connectivity index (χ3n) is 5.24. The zero-order valence-electron chi connectivity index (χ0n) is 16.3. The van der Waals surface area contributed by atoms with E-state index in [1.54, 1.807) is 23.1 Å². The van der Waals surface area contributed by atoms with E-state index in [1.807, 2.05) is 0 Å². The molecule has 0 aliphatic carbocycles. The number of carbonyl (C=O) groups excluding carboxylic acids is 2. The normalized spacial score (nSPS) is 19.5. The van der Waals surface area contributed by atoms with Crippen LogP contribution >= 0.6 is 0 Å². The number of Topliss-reactive ketones (excluding diaryl/α,β-unsaturated/α-hetero) is 1. The second kappa shape index (κ2) is 8.18. The van der Waals surface area contributed by atoms with E-state index in [4.69, 9.17) is 4.74 Å². The monoisotopic (exact) mass is 448 g/mol. The lowest BCUT2D eigenvalue weighted by Gasteiger charge is -2.32. The molecule has 1 fully saturated rings. The minimum Gasteiger partial charge on any atom is -0.457 e. The fourth-order valence-corrected chi connectivity index (χ4v) is 4.95. The number of ketones is 1. The highest BCUT2D eigenvalue weighted by Gasteiger charge is 2.35. The Morgan fingerprint density at radius 2 is 1.94 bits per heavy atom. The molecule has 0 spiro atoms. The minimum atomic E-state index is -3.78. The van der Waals surface area contributed by atoms with Crippen LogP contribution in [0.15, 0.2) is 51.8 Å². The quantitative estimate of drug-likeness (QED) is 0.527. The zero-order valence-corrected chi connectivity index (χ0v) is 17.1. The molecular formula is C21H18F2N2O5S. The van der Waals surface area contributed by atoms with Crippen LogP contribution in [0.2, 0.25) is 0 Å². The third kappa shape index (κ3) is 4.20. The van der Waals surface area contributed by atoms with Gasteiger partial charge in [-0.15, -0.1) is 4.40 Å². The lowest BCUT2D eigenvalue weighted by atomic mass is 9.97. The Labute approximate surface area is 177 Å². The summed E-state index contributed by atoms with van der Waals surface area (Å²) in [7, 11) is -3.78. The molecular weight excluding hydrogens is 430 g/mol. The maximum atomic E-state index is 13.7. The van der Waals surface area contributed by atoms with Gasteiger partial charge in [0.2, 0.25) is 5.78 Å². The Hall–Kier alpha value is -3.14. The number of hydrogen-bond acceptors (Lipinski definition) is 6. The molecule has 2 aliphatic rings. The number of likely N-dealkylation sites (tertiary alicyclic amines) is 1. The van der Waals surface area contributed by atoms with Crippen LogP contribution in [-0.4, -0.2) is 50.6 Å². The first-order valence-electron chi connectivity index (χ1n) is 9.60. The van der Waals surface area contributed by atoms with Crippen LogP contribution in [0.4, 0.5) is 8.78 Å². The number of fused-ring (bicyclic) bond motifs is 1. The SMILES string of the molecule is O=C(COC(=O)C1CCCN(C2=NS(=O)(=O)c3ccccc32)C1)c1cc(F)ccc1F. The number of sulfonamides is 1. The Morgan fingerprint density at radius 1 is 1.16 bits per heavy atom. The summed E-state index contributed by atoms with van der Waals surface area (Å²) in [5, 5.41) is 0. The number of rotatable bonds is 4. The van der Waals surface area contributed by atoms with Crippen molar-refractivity contribution in [3.05, 3.63) is 65.2 Å². The van der Waals surface area contributed by atoms with Crippen molar-refractivity contribution in [1.29, 1.82) is 0 Å². The summed E-state index contributed by atoms with van der Waals surface area (Å²) in [5.41, 5.74) is -0.00605. The largest absolute Gasteiger partial charge is 0.457 e. The van der Waals surface area contributed by atoms with E-state index in [-0.39, 0.29) is 17.3 Å². The molecule has 0 saturated carbocycles. The Morgan fingerprint density at radius 3 is 2.74 bits per heavy atom. The number of esters is 1. The lowest BCUT2D eigenvalue weighted by Crippen LogP contribution is -2.43. The van der Waals surface area contributed by atoms with Crippen LogP contribution < -0.4 is 0 Å². The molecule has 2 aromatic rings. The highest BCUT2D eigenvalue weighted by Crippen LogP contribution is 2.30. The van der Waals surface area contributed by atoms with Crippen LogP contribution in [0.5, 0.6) is 0 Å². The van der Waals surface area contributed by atoms with Crippen molar-refractivity contribution in [2.75, 3.05) is 19.7 Å². The Bertz CT molecular complexity index is 1200. The molecule has 7 nitrogen and oxygen atoms in total. The van der Waals surface area contributed by atoms with Gasteiger partial charge in [0.05, 0.1) is 11.5 Å². The van der Waals surface area contributed by atoms with E-state index >= 15 is 0 Å². The van der Waals surface area contributed by atoms with Gasteiger partial charge in [0.1, 0.15) is 16.5 Å². The van der Waals surface area contributed by atoms with Crippen molar-refractivity contribution in [3.8, 4) is 0 Å². The van der Waals surface area contributed by atoms with Gasteiger partial charge in [-0.05, 0) is 43.2 Å². The third-order valence-corrected chi connectivity index (χ3v) is 6.57. The standard InChI is InChI=1S/C21H18F2N2O5S/c22-14-7-8-17(23)16(10-14)18(26)12-30-21(27)13-4-3-9-25(11-13)20-15-5-1-2-6-19(15)31(28,29)24-20/h1-2,5-8,10,13H,3-4,9,11-12H2. The van der Waals surface area contributed by atoms with Gasteiger partial charge in [0, 0.05) is 18.7 Å². The molecule has 10 heteroatoms. The Kier molecular flexibility index (Phi) is 5.57. The van der Waals surface area contributed by atoms with Gasteiger partial charge >= 0.3 is 5.97 Å². The van der Waals surface area contributed by atoms with Crippen molar-refractivity contribution >= 4 is 27.6 Å². The van der Waals surface area contributed by atoms with Gasteiger partial charge in [0.25, 0.3) is 10.0 Å². The molecule has 1 atom stereocenters. The molecule has 0 N–H and O–H groups in total. The topological polar surface area (TPSA) is 93.1 Å². The number of benzene rings is 2. The van der Waals surface area contributed by atoms with Gasteiger partial charge < -0.3 is 9.64 Å². The molecule has 31 heavy (non-hydrogen) atoms. The summed E-state index contributed by atoms with van der Waals surface area (Å²) in [6.45, 7) is -0.0300. The molecule has 1 saturated heterocycles. The molecule has 2 heterocycles. The van der Waals surface area contributed by atoms with Crippen LogP contribution in [0.3, 0.4) is 0 Å². The van der Waals surface area contributed by atoms with Gasteiger partial charge in [0.15, 0.2) is 12.4 Å². The molecule has 2 aromatic carbocycles. The van der Waals surface area contributed by atoms with Crippen molar-refractivity contribution in [2.45, 2.75) is 17.7 Å². The molecule has 1 unspecified atom stereocenters. The predicted octanol–water partition coefficient (Wildman–Crippen LogP) is 2.55. The highest BCUT2D eigenvalue weighted by molar-refractivity contribution is 7.90. The molecule has 0 radical (unpaired) electrons. The summed E-state index contributed by atoms with van der Waals surface area (Å²) in [6, 6.07) is 8.94. The minimum absolute atomic E-state index is 0.123. The first-order valence-corrected chi connectivity index (χ1v) is 11.0. The maximum Gasteiger partial charge on any atom is 0.311 e. The summed E-state index contributed by atoms with van der Waals surface area (Å²) in [5.74, 6) is -3.51. The summed E-state index contributed by atoms with van der Waals surface area (Å²) < 4.78 is 60.5. The number of hydrogen-bond donors (Lipinski definition) is 0. The number of nitrogens with zero attached hydrogens (tertiary/aromatic N) is 2. The summed E-state index contributed by atoms with van der Waals surface area (Å²) >= 11 is 0. The summed E-state index contributed by atoms with van der Waals surface area (Å²) in [6.07, 6.45) is 1.08. The van der Waals surface area contributed by atoms with E-state index in [2.05, 4.69) is 4.40 Å². The van der Waals surface area contributed by atoms with E-state index < -0.39 is 51.5 Å². The molecule has 0 aromatic heterocycles. The second-order valence-electron chi connectivity index (χ2n) is 7.33. The van der Waals surface area contributed by atoms with Gasteiger partial charge in [-0.1, -0.05) is 12.1 Å². The van der Waals surface area contributed by atoms with Crippen LogP contribution in [-0.2, 0) is 19.6 Å². The van der Waals surface area contributed by atoms with Gasteiger partial charge in [-0.3, -0.25) is 9.59 Å². The average Bonchev–Trinajstić information content (AvgIpc) is 3.05. The predicted molar refractivity (Wildman–Crippen MR) is 106 cm³/mol. The fourth-order valence-electron chi connectivity index (χ4n) is 3.72. The molecule has 2 aliphatic heterocycles. The number of ether oxygens (including phenoxy) is 1. The van der Waals surface area contributed by atoms with Crippen LogP contribution in [0.25, 0.3) is 0 Å². The smallest absolute Gasteiger partial charge is 0.311 e. The van der Waals surface area contributed by atoms with Crippen LogP contribution in [0, 0.1) is 17.6 Å². The number of amidine groups is 1. The first-order chi connectivity index (χ1) is 14.8. The van der Waals surface area contributed by atoms with E-state index in [1.165, 1.54) is 6.07 Å². The molecule has 0 bridgehead atoms. The Balaban J connectivity index is 1.43. The van der Waals surface area contributed by atoms with E-state index in [9.17, 15) is 26.8 Å². The first kappa shape index (κ1) is 21.1. The number of halogens is 2. The average molecular weight is 448 g/mol. The maximum absolute atomic E-state index is 13.7. The summed E-state index contributed by atoms with van der Waals surface area (Å²) in [4.78, 5) is 26.4. The second-order valence-corrected chi connectivity index (χ2v) is 8.90.